The fourth-order valence-corrected chi connectivity index (χ4v) is 4.54. The van der Waals surface area contributed by atoms with Gasteiger partial charge in [0.2, 0.25) is 15.9 Å². The first-order valence-electron chi connectivity index (χ1n) is 8.67. The van der Waals surface area contributed by atoms with E-state index in [2.05, 4.69) is 16.6 Å². The van der Waals surface area contributed by atoms with Gasteiger partial charge in [0.15, 0.2) is 0 Å². The van der Waals surface area contributed by atoms with Gasteiger partial charge in [-0.2, -0.15) is 4.31 Å². The lowest BCUT2D eigenvalue weighted by Crippen LogP contribution is -2.49. The monoisotopic (exact) mass is 391 g/mol. The molecule has 0 spiro atoms. The van der Waals surface area contributed by atoms with Crippen molar-refractivity contribution in [2.75, 3.05) is 26.2 Å². The van der Waals surface area contributed by atoms with Crippen LogP contribution in [0.2, 0.25) is 0 Å². The van der Waals surface area contributed by atoms with E-state index in [-0.39, 0.29) is 42.1 Å². The molecule has 2 atom stereocenters. The summed E-state index contributed by atoms with van der Waals surface area (Å²) in [5.41, 5.74) is 0.177. The second-order valence-electron chi connectivity index (χ2n) is 6.39. The summed E-state index contributed by atoms with van der Waals surface area (Å²) in [6.07, 6.45) is 6.91. The van der Waals surface area contributed by atoms with E-state index in [9.17, 15) is 18.0 Å². The van der Waals surface area contributed by atoms with E-state index in [4.69, 9.17) is 11.2 Å². The third kappa shape index (κ3) is 4.30. The predicted molar refractivity (Wildman–Crippen MR) is 97.3 cm³/mol. The number of nitrogens with zero attached hydrogens (tertiary/aromatic N) is 1. The van der Waals surface area contributed by atoms with E-state index in [0.717, 1.165) is 17.1 Å². The number of hydrogen-bond acceptors (Lipinski definition) is 5. The van der Waals surface area contributed by atoms with Crippen LogP contribution in [0.25, 0.3) is 0 Å². The van der Waals surface area contributed by atoms with Gasteiger partial charge in [0.25, 0.3) is 5.91 Å². The Balaban J connectivity index is 1.77. The van der Waals surface area contributed by atoms with Crippen LogP contribution in [0.3, 0.4) is 0 Å². The van der Waals surface area contributed by atoms with Gasteiger partial charge in [-0.1, -0.05) is 12.0 Å². The Labute approximate surface area is 158 Å². The normalized spacial score (nSPS) is 21.9. The molecule has 27 heavy (non-hydrogen) atoms. The van der Waals surface area contributed by atoms with Crippen LogP contribution < -0.4 is 10.6 Å². The van der Waals surface area contributed by atoms with E-state index in [1.807, 2.05) is 0 Å². The standard InChI is InChI=1S/C18H21N3O5S/c1-2-15(16-7-4-10-26-16)20-18(23)13-5-3-6-14(11-13)27(24,25)21-9-8-19-17(22)12-21/h1,3,5-6,11,15-16H,4,7-10,12H2,(H,19,22)(H,20,23)/t15-,16+/m1/s1. The van der Waals surface area contributed by atoms with Crippen molar-refractivity contribution in [3.05, 3.63) is 29.8 Å². The van der Waals surface area contributed by atoms with Crippen molar-refractivity contribution >= 4 is 21.8 Å². The smallest absolute Gasteiger partial charge is 0.252 e. The molecule has 144 valence electrons. The predicted octanol–water partition coefficient (Wildman–Crippen LogP) is -0.282. The molecule has 1 aromatic rings. The first-order chi connectivity index (χ1) is 12.9. The number of piperazine rings is 1. The second-order valence-corrected chi connectivity index (χ2v) is 8.32. The fraction of sp³-hybridized carbons (Fsp3) is 0.444. The molecule has 0 bridgehead atoms. The fourth-order valence-electron chi connectivity index (χ4n) is 3.10. The molecule has 9 heteroatoms. The maximum absolute atomic E-state index is 12.8. The van der Waals surface area contributed by atoms with Gasteiger partial charge in [0.05, 0.1) is 17.5 Å². The van der Waals surface area contributed by atoms with Crippen molar-refractivity contribution in [1.29, 1.82) is 0 Å². The largest absolute Gasteiger partial charge is 0.375 e. The van der Waals surface area contributed by atoms with Crippen molar-refractivity contribution in [2.45, 2.75) is 29.9 Å². The molecule has 2 aliphatic rings. The summed E-state index contributed by atoms with van der Waals surface area (Å²) in [5, 5.41) is 5.30. The van der Waals surface area contributed by atoms with Crippen molar-refractivity contribution in [3.63, 3.8) is 0 Å². The van der Waals surface area contributed by atoms with Crippen LogP contribution in [0, 0.1) is 12.3 Å². The van der Waals surface area contributed by atoms with Gasteiger partial charge >= 0.3 is 0 Å². The van der Waals surface area contributed by atoms with Crippen LogP contribution in [0.15, 0.2) is 29.2 Å². The number of nitrogens with one attached hydrogen (secondary N) is 2. The molecule has 8 nitrogen and oxygen atoms in total. The van der Waals surface area contributed by atoms with Gasteiger partial charge in [-0.15, -0.1) is 6.42 Å². The molecule has 2 heterocycles. The highest BCUT2D eigenvalue weighted by atomic mass is 32.2. The Morgan fingerprint density at radius 2 is 2.26 bits per heavy atom. The molecule has 2 fully saturated rings. The number of terminal acetylenes is 1. The van der Waals surface area contributed by atoms with Gasteiger partial charge in [-0.25, -0.2) is 8.42 Å². The molecule has 2 saturated heterocycles. The topological polar surface area (TPSA) is 105 Å². The Bertz CT molecular complexity index is 871. The minimum atomic E-state index is -3.87. The highest BCUT2D eigenvalue weighted by molar-refractivity contribution is 7.89. The summed E-state index contributed by atoms with van der Waals surface area (Å²) in [4.78, 5) is 24.0. The van der Waals surface area contributed by atoms with E-state index in [1.54, 1.807) is 0 Å². The maximum atomic E-state index is 12.8. The Morgan fingerprint density at radius 3 is 2.93 bits per heavy atom. The molecule has 1 aromatic carbocycles. The summed E-state index contributed by atoms with van der Waals surface area (Å²) in [5.74, 6) is 1.69. The molecule has 2 aliphatic heterocycles. The zero-order valence-electron chi connectivity index (χ0n) is 14.7. The van der Waals surface area contributed by atoms with E-state index >= 15 is 0 Å². The zero-order valence-corrected chi connectivity index (χ0v) is 15.5. The van der Waals surface area contributed by atoms with Gasteiger partial charge in [-0.3, -0.25) is 9.59 Å². The summed E-state index contributed by atoms with van der Waals surface area (Å²) >= 11 is 0. The van der Waals surface area contributed by atoms with Crippen molar-refractivity contribution in [3.8, 4) is 12.3 Å². The molecule has 0 saturated carbocycles. The quantitative estimate of drug-likeness (QED) is 0.672. The maximum Gasteiger partial charge on any atom is 0.252 e. The molecule has 0 radical (unpaired) electrons. The highest BCUT2D eigenvalue weighted by Gasteiger charge is 2.30. The average molecular weight is 391 g/mol. The number of amides is 2. The number of ether oxygens (including phenoxy) is 1. The van der Waals surface area contributed by atoms with E-state index < -0.39 is 22.0 Å². The van der Waals surface area contributed by atoms with Gasteiger partial charge in [0.1, 0.15) is 6.04 Å². The Morgan fingerprint density at radius 1 is 1.44 bits per heavy atom. The van der Waals surface area contributed by atoms with Gasteiger partial charge < -0.3 is 15.4 Å². The number of sulfonamides is 1. The van der Waals surface area contributed by atoms with Crippen LogP contribution in [0.4, 0.5) is 0 Å². The highest BCUT2D eigenvalue weighted by Crippen LogP contribution is 2.19. The second kappa shape index (κ2) is 8.08. The van der Waals surface area contributed by atoms with Gasteiger partial charge in [0, 0.05) is 25.3 Å². The molecule has 0 aliphatic carbocycles. The third-order valence-corrected chi connectivity index (χ3v) is 6.38. The average Bonchev–Trinajstić information content (AvgIpc) is 3.20. The van der Waals surface area contributed by atoms with Crippen LogP contribution in [0.5, 0.6) is 0 Å². The Hall–Kier alpha value is -2.41. The summed E-state index contributed by atoms with van der Waals surface area (Å²) < 4.78 is 32.1. The van der Waals surface area contributed by atoms with Crippen LogP contribution >= 0.6 is 0 Å². The lowest BCUT2D eigenvalue weighted by atomic mass is 10.1. The molecule has 3 rings (SSSR count). The first-order valence-corrected chi connectivity index (χ1v) is 10.1. The van der Waals surface area contributed by atoms with E-state index in [0.29, 0.717) is 6.61 Å². The number of rotatable bonds is 5. The van der Waals surface area contributed by atoms with Crippen LogP contribution in [0.1, 0.15) is 23.2 Å². The minimum absolute atomic E-state index is 0.0424. The number of hydrogen-bond donors (Lipinski definition) is 2. The van der Waals surface area contributed by atoms with Gasteiger partial charge in [-0.05, 0) is 31.0 Å². The molecule has 0 aromatic heterocycles. The lowest BCUT2D eigenvalue weighted by Gasteiger charge is -2.26. The SMILES string of the molecule is C#C[C@@H](NC(=O)c1cccc(S(=O)(=O)N2CCNC(=O)C2)c1)[C@@H]1CCCO1. The Kier molecular flexibility index (Phi) is 5.79. The van der Waals surface area contributed by atoms with Crippen molar-refractivity contribution in [1.82, 2.24) is 14.9 Å². The molecular formula is C18H21N3O5S. The lowest BCUT2D eigenvalue weighted by molar-refractivity contribution is -0.122. The number of benzene rings is 1. The van der Waals surface area contributed by atoms with Crippen LogP contribution in [-0.2, 0) is 19.6 Å². The molecule has 2 amide bonds. The molecule has 0 unspecified atom stereocenters. The third-order valence-electron chi connectivity index (χ3n) is 4.54. The summed E-state index contributed by atoms with van der Waals surface area (Å²) in [7, 11) is -3.87. The summed E-state index contributed by atoms with van der Waals surface area (Å²) in [6.45, 7) is 0.805. The summed E-state index contributed by atoms with van der Waals surface area (Å²) in [6, 6.07) is 5.12. The number of carbonyl (C=O) groups excluding carboxylic acids is 2. The van der Waals surface area contributed by atoms with Crippen molar-refractivity contribution < 1.29 is 22.7 Å². The van der Waals surface area contributed by atoms with E-state index in [1.165, 1.54) is 24.3 Å². The number of carbonyl (C=O) groups is 2. The minimum Gasteiger partial charge on any atom is -0.375 e. The first kappa shape index (κ1) is 19.4. The molecular weight excluding hydrogens is 370 g/mol. The van der Waals surface area contributed by atoms with Crippen molar-refractivity contribution in [2.24, 2.45) is 0 Å². The molecule has 2 N–H and O–H groups in total. The van der Waals surface area contributed by atoms with Crippen LogP contribution in [-0.4, -0.2) is 62.9 Å². The zero-order chi connectivity index (χ0) is 19.4.